The van der Waals surface area contributed by atoms with Crippen LogP contribution in [0.4, 0.5) is 0 Å². The third-order valence-electron chi connectivity index (χ3n) is 4.91. The van der Waals surface area contributed by atoms with E-state index in [9.17, 15) is 9.59 Å². The maximum atomic E-state index is 13.2. The number of thiocarbonyl (C=S) groups is 1. The van der Waals surface area contributed by atoms with Crippen LogP contribution in [0.1, 0.15) is 22.3 Å². The lowest BCUT2D eigenvalue weighted by Crippen LogP contribution is -2.31. The van der Waals surface area contributed by atoms with Crippen molar-refractivity contribution in [2.45, 2.75) is 18.5 Å². The summed E-state index contributed by atoms with van der Waals surface area (Å²) in [5, 5.41) is 0.626. The van der Waals surface area contributed by atoms with Crippen molar-refractivity contribution in [3.8, 4) is 0 Å². The van der Waals surface area contributed by atoms with Crippen molar-refractivity contribution in [3.63, 3.8) is 0 Å². The number of carbonyl (C=O) groups is 2. The predicted octanol–water partition coefficient (Wildman–Crippen LogP) is 5.55. The van der Waals surface area contributed by atoms with Crippen LogP contribution in [0.15, 0.2) is 71.2 Å². The maximum absolute atomic E-state index is 13.2. The molecule has 0 atom stereocenters. The Morgan fingerprint density at radius 2 is 1.97 bits per heavy atom. The van der Waals surface area contributed by atoms with Gasteiger partial charge >= 0.3 is 0 Å². The maximum Gasteiger partial charge on any atom is 0.266 e. The van der Waals surface area contributed by atoms with Crippen LogP contribution in [0.5, 0.6) is 0 Å². The van der Waals surface area contributed by atoms with Gasteiger partial charge in [0, 0.05) is 18.7 Å². The monoisotopic (exact) mass is 479 g/mol. The van der Waals surface area contributed by atoms with Crippen LogP contribution in [0.25, 0.3) is 17.1 Å². The molecule has 162 valence electrons. The van der Waals surface area contributed by atoms with Gasteiger partial charge in [-0.25, -0.2) is 4.98 Å². The molecular weight excluding hydrogens is 458 g/mol. The highest BCUT2D eigenvalue weighted by atomic mass is 32.2. The van der Waals surface area contributed by atoms with Gasteiger partial charge in [-0.15, -0.1) is 6.58 Å². The number of hydrogen-bond acceptors (Lipinski definition) is 6. The molecule has 1 aliphatic heterocycles. The number of fused-ring (bicyclic) bond motifs is 1. The van der Waals surface area contributed by atoms with Crippen LogP contribution in [0, 0.1) is 6.92 Å². The molecule has 1 aliphatic rings. The molecule has 1 amide bonds. The second-order valence-electron chi connectivity index (χ2n) is 7.21. The fourth-order valence-corrected chi connectivity index (χ4v) is 5.37. The first-order chi connectivity index (χ1) is 15.5. The summed E-state index contributed by atoms with van der Waals surface area (Å²) in [5.74, 6) is 0.363. The molecule has 1 saturated heterocycles. The Hall–Kier alpha value is -2.68. The second kappa shape index (κ2) is 9.85. The molecule has 0 saturated carbocycles. The van der Waals surface area contributed by atoms with Gasteiger partial charge in [-0.2, -0.15) is 0 Å². The number of aryl methyl sites for hydroxylation is 1. The summed E-state index contributed by atoms with van der Waals surface area (Å²) in [7, 11) is 0. The summed E-state index contributed by atoms with van der Waals surface area (Å²) in [5.41, 5.74) is 3.62. The average Bonchev–Trinajstić information content (AvgIpc) is 3.29. The number of imidazole rings is 1. The predicted molar refractivity (Wildman–Crippen MR) is 137 cm³/mol. The van der Waals surface area contributed by atoms with Crippen molar-refractivity contribution in [3.05, 3.63) is 77.2 Å². The first-order valence-corrected chi connectivity index (χ1v) is 12.3. The average molecular weight is 480 g/mol. The molecule has 0 radical (unpaired) electrons. The second-order valence-corrected chi connectivity index (χ2v) is 9.87. The van der Waals surface area contributed by atoms with Gasteiger partial charge in [0.25, 0.3) is 5.91 Å². The molecule has 4 rings (SSSR count). The highest BCUT2D eigenvalue weighted by Gasteiger charge is 2.32. The standard InChI is InChI=1S/C24H21N3O2S3/c1-3-14-31-23-25-18-6-4-5-7-19(18)27(23)21(28)12-13-26-22(29)20(32-24(26)30)15-17-10-8-16(2)9-11-17/h3-11,15H,1,12-14H2,2H3. The Labute approximate surface area is 200 Å². The van der Waals surface area contributed by atoms with E-state index in [2.05, 4.69) is 11.6 Å². The van der Waals surface area contributed by atoms with E-state index in [-0.39, 0.29) is 24.8 Å². The van der Waals surface area contributed by atoms with Gasteiger partial charge in [0.15, 0.2) is 5.16 Å². The fourth-order valence-electron chi connectivity index (χ4n) is 3.30. The number of para-hydroxylation sites is 2. The third-order valence-corrected chi connectivity index (χ3v) is 7.22. The van der Waals surface area contributed by atoms with E-state index < -0.39 is 0 Å². The Bertz CT molecular complexity index is 1250. The fraction of sp³-hybridized carbons (Fsp3) is 0.167. The molecule has 3 aromatic rings. The number of aromatic nitrogens is 2. The zero-order valence-electron chi connectivity index (χ0n) is 17.5. The molecule has 0 N–H and O–H groups in total. The molecule has 0 spiro atoms. The van der Waals surface area contributed by atoms with E-state index in [1.807, 2.05) is 61.5 Å². The van der Waals surface area contributed by atoms with E-state index in [1.54, 1.807) is 10.6 Å². The van der Waals surface area contributed by atoms with E-state index >= 15 is 0 Å². The molecule has 1 fully saturated rings. The van der Waals surface area contributed by atoms with Gasteiger partial charge in [0.05, 0.1) is 15.9 Å². The first kappa shape index (κ1) is 22.5. The van der Waals surface area contributed by atoms with Crippen LogP contribution >= 0.6 is 35.7 Å². The van der Waals surface area contributed by atoms with Crippen molar-refractivity contribution < 1.29 is 9.59 Å². The lowest BCUT2D eigenvalue weighted by Gasteiger charge is -2.14. The Balaban J connectivity index is 1.50. The molecule has 0 bridgehead atoms. The van der Waals surface area contributed by atoms with Gasteiger partial charge < -0.3 is 0 Å². The van der Waals surface area contributed by atoms with Gasteiger partial charge in [-0.05, 0) is 30.7 Å². The number of nitrogens with zero attached hydrogens (tertiary/aromatic N) is 3. The largest absolute Gasteiger partial charge is 0.292 e. The van der Waals surface area contributed by atoms with Crippen molar-refractivity contribution in [2.24, 2.45) is 0 Å². The molecule has 1 aromatic heterocycles. The van der Waals surface area contributed by atoms with E-state index in [0.29, 0.717) is 20.1 Å². The molecule has 8 heteroatoms. The zero-order chi connectivity index (χ0) is 22.7. The smallest absolute Gasteiger partial charge is 0.266 e. The van der Waals surface area contributed by atoms with Crippen LogP contribution in [-0.4, -0.2) is 42.9 Å². The summed E-state index contributed by atoms with van der Waals surface area (Å²) in [6, 6.07) is 15.5. The lowest BCUT2D eigenvalue weighted by molar-refractivity contribution is -0.122. The highest BCUT2D eigenvalue weighted by Crippen LogP contribution is 2.33. The van der Waals surface area contributed by atoms with E-state index in [4.69, 9.17) is 12.2 Å². The van der Waals surface area contributed by atoms with Crippen molar-refractivity contribution in [1.29, 1.82) is 0 Å². The van der Waals surface area contributed by atoms with Gasteiger partial charge in [0.2, 0.25) is 5.91 Å². The van der Waals surface area contributed by atoms with Crippen LogP contribution in [0.3, 0.4) is 0 Å². The molecule has 0 unspecified atom stereocenters. The number of hydrogen-bond donors (Lipinski definition) is 0. The Morgan fingerprint density at radius 3 is 2.72 bits per heavy atom. The summed E-state index contributed by atoms with van der Waals surface area (Å²) in [6.45, 7) is 5.99. The first-order valence-electron chi connectivity index (χ1n) is 10.0. The van der Waals surface area contributed by atoms with E-state index in [0.717, 1.165) is 22.2 Å². The van der Waals surface area contributed by atoms with Crippen LogP contribution in [-0.2, 0) is 4.79 Å². The minimum absolute atomic E-state index is 0.123. The molecule has 2 heterocycles. The number of thioether (sulfide) groups is 2. The minimum Gasteiger partial charge on any atom is -0.292 e. The van der Waals surface area contributed by atoms with Crippen LogP contribution < -0.4 is 0 Å². The third kappa shape index (κ3) is 4.72. The highest BCUT2D eigenvalue weighted by molar-refractivity contribution is 8.26. The van der Waals surface area contributed by atoms with Crippen molar-refractivity contribution >= 4 is 69.0 Å². The molecule has 0 aliphatic carbocycles. The van der Waals surface area contributed by atoms with Crippen molar-refractivity contribution in [2.75, 3.05) is 12.3 Å². The normalized spacial score (nSPS) is 15.2. The number of rotatable bonds is 7. The Morgan fingerprint density at radius 1 is 1.22 bits per heavy atom. The number of amides is 1. The number of benzene rings is 2. The molecular formula is C24H21N3O2S3. The lowest BCUT2D eigenvalue weighted by atomic mass is 10.1. The molecule has 32 heavy (non-hydrogen) atoms. The summed E-state index contributed by atoms with van der Waals surface area (Å²) < 4.78 is 2.10. The Kier molecular flexibility index (Phi) is 6.93. The summed E-state index contributed by atoms with van der Waals surface area (Å²) >= 11 is 8.15. The topological polar surface area (TPSA) is 55.2 Å². The van der Waals surface area contributed by atoms with Gasteiger partial charge in [-0.1, -0.05) is 83.8 Å². The van der Waals surface area contributed by atoms with Gasteiger partial charge in [-0.3, -0.25) is 19.1 Å². The summed E-state index contributed by atoms with van der Waals surface area (Å²) in [4.78, 5) is 32.7. The van der Waals surface area contributed by atoms with Crippen LogP contribution in [0.2, 0.25) is 0 Å². The zero-order valence-corrected chi connectivity index (χ0v) is 19.9. The quantitative estimate of drug-likeness (QED) is 0.192. The molecule has 5 nitrogen and oxygen atoms in total. The SMILES string of the molecule is C=CCSc1nc2ccccc2n1C(=O)CCN1C(=O)C(=Cc2ccc(C)cc2)SC1=S. The van der Waals surface area contributed by atoms with E-state index in [1.165, 1.54) is 28.4 Å². The molecule has 2 aromatic carbocycles. The summed E-state index contributed by atoms with van der Waals surface area (Å²) in [6.07, 6.45) is 3.76. The number of carbonyl (C=O) groups excluding carboxylic acids is 2. The van der Waals surface area contributed by atoms with Gasteiger partial charge in [0.1, 0.15) is 4.32 Å². The minimum atomic E-state index is -0.162. The van der Waals surface area contributed by atoms with Crippen molar-refractivity contribution in [1.82, 2.24) is 14.5 Å².